The van der Waals surface area contributed by atoms with Gasteiger partial charge in [-0.15, -0.1) is 0 Å². The van der Waals surface area contributed by atoms with Gasteiger partial charge in [-0.25, -0.2) is 0 Å². The van der Waals surface area contributed by atoms with Crippen LogP contribution in [0.4, 0.5) is 0 Å². The van der Waals surface area contributed by atoms with Crippen LogP contribution in [0.3, 0.4) is 0 Å². The molecular formula is C57H98O9. The van der Waals surface area contributed by atoms with Crippen LogP contribution in [0, 0.1) is 0 Å². The van der Waals surface area contributed by atoms with Gasteiger partial charge in [0.15, 0.2) is 6.29 Å². The molecule has 1 aliphatic heterocycles. The van der Waals surface area contributed by atoms with Gasteiger partial charge in [0.05, 0.1) is 19.8 Å². The maximum atomic E-state index is 12.9. The second kappa shape index (κ2) is 47.4. The van der Waals surface area contributed by atoms with Crippen molar-refractivity contribution in [3.05, 3.63) is 85.1 Å². The first-order valence-electron chi connectivity index (χ1n) is 26.7. The van der Waals surface area contributed by atoms with Gasteiger partial charge in [-0.3, -0.25) is 4.79 Å². The highest BCUT2D eigenvalue weighted by atomic mass is 16.7. The molecule has 0 aromatic rings. The number of aliphatic hydroxyl groups excluding tert-OH is 4. The molecule has 9 heteroatoms. The van der Waals surface area contributed by atoms with Crippen LogP contribution in [0.2, 0.25) is 0 Å². The molecule has 9 nitrogen and oxygen atoms in total. The highest BCUT2D eigenvalue weighted by Gasteiger charge is 2.44. The molecule has 1 rings (SSSR count). The van der Waals surface area contributed by atoms with Gasteiger partial charge in [-0.05, 0) is 89.9 Å². The number of unbranched alkanes of at least 4 members (excludes halogenated alkanes) is 20. The molecule has 0 radical (unpaired) electrons. The molecular weight excluding hydrogens is 829 g/mol. The van der Waals surface area contributed by atoms with E-state index in [4.69, 9.17) is 18.9 Å². The van der Waals surface area contributed by atoms with E-state index in [0.717, 1.165) is 89.9 Å². The Bertz CT molecular complexity index is 1280. The molecule has 1 aliphatic rings. The Morgan fingerprint density at radius 2 is 0.924 bits per heavy atom. The van der Waals surface area contributed by atoms with Gasteiger partial charge in [0.25, 0.3) is 0 Å². The average molecular weight is 927 g/mol. The Morgan fingerprint density at radius 3 is 1.39 bits per heavy atom. The zero-order valence-corrected chi connectivity index (χ0v) is 41.9. The maximum absolute atomic E-state index is 12.9. The summed E-state index contributed by atoms with van der Waals surface area (Å²) < 4.78 is 22.9. The lowest BCUT2D eigenvalue weighted by atomic mass is 9.99. The summed E-state index contributed by atoms with van der Waals surface area (Å²) in [5.74, 6) is -0.335. The van der Waals surface area contributed by atoms with Crippen molar-refractivity contribution in [2.75, 3.05) is 26.4 Å². The molecule has 380 valence electrons. The number of ether oxygens (including phenoxy) is 4. The van der Waals surface area contributed by atoms with E-state index < -0.39 is 43.4 Å². The first kappa shape index (κ1) is 61.4. The van der Waals surface area contributed by atoms with Crippen LogP contribution in [-0.4, -0.2) is 89.6 Å². The first-order valence-corrected chi connectivity index (χ1v) is 26.7. The molecule has 0 spiro atoms. The largest absolute Gasteiger partial charge is 0.457 e. The second-order valence-electron chi connectivity index (χ2n) is 17.9. The van der Waals surface area contributed by atoms with Crippen molar-refractivity contribution < 1.29 is 44.2 Å². The van der Waals surface area contributed by atoms with Crippen LogP contribution < -0.4 is 0 Å². The van der Waals surface area contributed by atoms with Crippen LogP contribution in [0.25, 0.3) is 0 Å². The lowest BCUT2D eigenvalue weighted by molar-refractivity contribution is -0.305. The quantitative estimate of drug-likeness (QED) is 0.0267. The van der Waals surface area contributed by atoms with Gasteiger partial charge in [0.1, 0.15) is 30.5 Å². The molecule has 0 bridgehead atoms. The third-order valence-electron chi connectivity index (χ3n) is 11.8. The Kier molecular flexibility index (Phi) is 44.1. The third kappa shape index (κ3) is 37.4. The smallest absolute Gasteiger partial charge is 0.306 e. The maximum Gasteiger partial charge on any atom is 0.306 e. The van der Waals surface area contributed by atoms with Crippen molar-refractivity contribution in [1.29, 1.82) is 0 Å². The van der Waals surface area contributed by atoms with E-state index in [-0.39, 0.29) is 19.2 Å². The predicted molar refractivity (Wildman–Crippen MR) is 274 cm³/mol. The third-order valence-corrected chi connectivity index (χ3v) is 11.8. The van der Waals surface area contributed by atoms with Crippen molar-refractivity contribution in [2.45, 2.75) is 243 Å². The minimum atomic E-state index is -1.55. The average Bonchev–Trinajstić information content (AvgIpc) is 3.32. The Labute approximate surface area is 403 Å². The van der Waals surface area contributed by atoms with Crippen LogP contribution in [0.5, 0.6) is 0 Å². The molecule has 1 saturated heterocycles. The van der Waals surface area contributed by atoms with E-state index >= 15 is 0 Å². The van der Waals surface area contributed by atoms with E-state index in [0.29, 0.717) is 13.0 Å². The Hall–Kier alpha value is -2.63. The van der Waals surface area contributed by atoms with Crippen LogP contribution in [0.1, 0.15) is 206 Å². The number of aliphatic hydroxyl groups is 4. The van der Waals surface area contributed by atoms with Crippen LogP contribution in [-0.2, 0) is 23.7 Å². The number of carbonyl (C=O) groups excluding carboxylic acids is 1. The molecule has 66 heavy (non-hydrogen) atoms. The molecule has 6 unspecified atom stereocenters. The van der Waals surface area contributed by atoms with E-state index in [1.165, 1.54) is 96.3 Å². The molecule has 1 fully saturated rings. The molecule has 4 N–H and O–H groups in total. The van der Waals surface area contributed by atoms with E-state index in [1.807, 2.05) is 0 Å². The molecule has 1 heterocycles. The summed E-state index contributed by atoms with van der Waals surface area (Å²) in [5.41, 5.74) is 0. The summed E-state index contributed by atoms with van der Waals surface area (Å²) in [5, 5.41) is 40.3. The second-order valence-corrected chi connectivity index (χ2v) is 17.9. The van der Waals surface area contributed by atoms with Crippen molar-refractivity contribution >= 4 is 5.97 Å². The van der Waals surface area contributed by atoms with Gasteiger partial charge in [-0.1, -0.05) is 195 Å². The van der Waals surface area contributed by atoms with Gasteiger partial charge < -0.3 is 39.4 Å². The lowest BCUT2D eigenvalue weighted by Crippen LogP contribution is -2.59. The number of esters is 1. The summed E-state index contributed by atoms with van der Waals surface area (Å²) in [6.07, 6.45) is 57.5. The summed E-state index contributed by atoms with van der Waals surface area (Å²) in [7, 11) is 0. The van der Waals surface area contributed by atoms with Crippen LogP contribution >= 0.6 is 0 Å². The molecule has 6 atom stereocenters. The predicted octanol–water partition coefficient (Wildman–Crippen LogP) is 13.4. The van der Waals surface area contributed by atoms with E-state index in [1.54, 1.807) is 0 Å². The first-order chi connectivity index (χ1) is 32.4. The fourth-order valence-corrected chi connectivity index (χ4v) is 7.67. The zero-order chi connectivity index (χ0) is 47.8. The lowest BCUT2D eigenvalue weighted by Gasteiger charge is -2.39. The summed E-state index contributed by atoms with van der Waals surface area (Å²) in [6, 6.07) is 0. The van der Waals surface area contributed by atoms with Gasteiger partial charge in [0, 0.05) is 13.0 Å². The minimum Gasteiger partial charge on any atom is -0.457 e. The number of rotatable bonds is 45. The van der Waals surface area contributed by atoms with E-state index in [2.05, 4.69) is 98.9 Å². The Balaban J connectivity index is 2.22. The molecule has 0 saturated carbocycles. The summed E-state index contributed by atoms with van der Waals surface area (Å²) in [6.45, 7) is 4.41. The topological polar surface area (TPSA) is 135 Å². The SMILES string of the molecule is CC/C=C\C/C=C\C/C=C\C/C=C\C/C=C\CCCCCCCC(=O)OC(COCCCCCCCCCCCC/C=C\C/C=C\CCCCCCC)COC1OC(CO)C(O)C(O)C1O. The van der Waals surface area contributed by atoms with Crippen molar-refractivity contribution in [3.8, 4) is 0 Å². The molecule has 0 aromatic heterocycles. The summed E-state index contributed by atoms with van der Waals surface area (Å²) >= 11 is 0. The molecule has 0 amide bonds. The normalized spacial score (nSPS) is 20.0. The number of carbonyl (C=O) groups is 1. The monoisotopic (exact) mass is 927 g/mol. The molecule has 0 aromatic carbocycles. The molecule has 0 aliphatic carbocycles. The number of allylic oxidation sites excluding steroid dienone is 14. The van der Waals surface area contributed by atoms with Gasteiger partial charge >= 0.3 is 5.97 Å². The van der Waals surface area contributed by atoms with Gasteiger partial charge in [0.2, 0.25) is 0 Å². The number of hydrogen-bond donors (Lipinski definition) is 4. The fraction of sp³-hybridized carbons (Fsp3) is 0.737. The highest BCUT2D eigenvalue weighted by molar-refractivity contribution is 5.69. The van der Waals surface area contributed by atoms with Crippen LogP contribution in [0.15, 0.2) is 85.1 Å². The minimum absolute atomic E-state index is 0.127. The summed E-state index contributed by atoms with van der Waals surface area (Å²) in [4.78, 5) is 12.9. The standard InChI is InChI=1S/C57H98O9/c1-3-5-7-9-11-13-15-17-19-21-23-25-27-29-31-33-35-37-39-41-43-45-47-63-49-51(50-64-57-56(62)55(61)54(60)52(48-58)66-57)65-53(59)46-44-42-40-38-36-34-32-30-28-26-24-22-20-18-16-14-12-10-8-6-4-2/h6,8,12,14-15,17-18,20-21,23-24,26,30,32,51-52,54-58,60-62H,3-5,7,9-11,13,16,19,22,25,27-29,31,33-50H2,1-2H3/b8-6-,14-12-,17-15-,20-18-,23-21-,26-24-,32-30-. The Morgan fingerprint density at radius 1 is 0.500 bits per heavy atom. The fourth-order valence-electron chi connectivity index (χ4n) is 7.67. The zero-order valence-electron chi connectivity index (χ0n) is 41.9. The highest BCUT2D eigenvalue weighted by Crippen LogP contribution is 2.23. The van der Waals surface area contributed by atoms with E-state index in [9.17, 15) is 25.2 Å². The van der Waals surface area contributed by atoms with Crippen molar-refractivity contribution in [1.82, 2.24) is 0 Å². The number of hydrogen-bond acceptors (Lipinski definition) is 9. The van der Waals surface area contributed by atoms with Gasteiger partial charge in [-0.2, -0.15) is 0 Å². The van der Waals surface area contributed by atoms with Crippen molar-refractivity contribution in [3.63, 3.8) is 0 Å². The van der Waals surface area contributed by atoms with Crippen molar-refractivity contribution in [2.24, 2.45) is 0 Å².